The van der Waals surface area contributed by atoms with Gasteiger partial charge in [0.1, 0.15) is 5.78 Å². The Bertz CT molecular complexity index is 690. The molecule has 4 rings (SSSR count). The molecular weight excluding hydrogens is 364 g/mol. The topological polar surface area (TPSA) is 34.1 Å². The number of ketones is 2. The lowest BCUT2D eigenvalue weighted by molar-refractivity contribution is -0.132. The molecule has 6 atom stereocenters. The first kappa shape index (κ1) is 16.8. The van der Waals surface area contributed by atoms with Crippen LogP contribution in [0.3, 0.4) is 0 Å². The molecule has 0 amide bonds. The van der Waals surface area contributed by atoms with Gasteiger partial charge in [0, 0.05) is 11.8 Å². The normalized spacial score (nSPS) is 48.2. The van der Waals surface area contributed by atoms with E-state index in [1.807, 2.05) is 6.92 Å². The van der Waals surface area contributed by atoms with Gasteiger partial charge in [-0.3, -0.25) is 9.59 Å². The average Bonchev–Trinajstić information content (AvgIpc) is 2.80. The molecule has 3 fully saturated rings. The summed E-state index contributed by atoms with van der Waals surface area (Å²) in [6.07, 6.45) is 5.78. The fraction of sp³-hybridized carbons (Fsp3) is 0.714. The molecule has 24 heavy (non-hydrogen) atoms. The van der Waals surface area contributed by atoms with Gasteiger partial charge in [-0.25, -0.2) is 0 Å². The Kier molecular flexibility index (Phi) is 3.60. The molecule has 130 valence electrons. The van der Waals surface area contributed by atoms with E-state index in [0.717, 1.165) is 49.7 Å². The Morgan fingerprint density at radius 2 is 1.79 bits per heavy atom. The summed E-state index contributed by atoms with van der Waals surface area (Å²) in [6, 6.07) is 0. The summed E-state index contributed by atoms with van der Waals surface area (Å²) in [5.41, 5.74) is 3.25. The third kappa shape index (κ3) is 1.94. The van der Waals surface area contributed by atoms with Gasteiger partial charge < -0.3 is 0 Å². The molecule has 0 aromatic heterocycles. The first-order chi connectivity index (χ1) is 11.2. The maximum Gasteiger partial charge on any atom is 0.172 e. The van der Waals surface area contributed by atoms with Crippen LogP contribution in [0.2, 0.25) is 0 Å². The second kappa shape index (κ2) is 5.16. The molecule has 3 saturated carbocycles. The van der Waals surface area contributed by atoms with Gasteiger partial charge in [-0.2, -0.15) is 0 Å². The number of rotatable bonds is 0. The van der Waals surface area contributed by atoms with Gasteiger partial charge in [0.15, 0.2) is 5.78 Å². The summed E-state index contributed by atoms with van der Waals surface area (Å²) in [5.74, 6) is 2.35. The number of fused-ring (bicyclic) bond motifs is 5. The van der Waals surface area contributed by atoms with Gasteiger partial charge in [0.2, 0.25) is 0 Å². The SMILES string of the molecule is C=C1C[C@@H]2[C@H](CC[C@]3(C)C(=O)CC[C@@H]23)[C@@]2(C)CC(Br)C(=O)C(C)=C12. The van der Waals surface area contributed by atoms with E-state index in [0.29, 0.717) is 23.5 Å². The van der Waals surface area contributed by atoms with Gasteiger partial charge in [0.25, 0.3) is 0 Å². The molecule has 0 saturated heterocycles. The van der Waals surface area contributed by atoms with E-state index in [1.165, 1.54) is 5.57 Å². The van der Waals surface area contributed by atoms with Gasteiger partial charge in [0.05, 0.1) is 4.83 Å². The monoisotopic (exact) mass is 390 g/mol. The molecule has 0 N–H and O–H groups in total. The molecule has 0 aromatic carbocycles. The number of alkyl halides is 1. The average molecular weight is 391 g/mol. The van der Waals surface area contributed by atoms with Gasteiger partial charge in [-0.15, -0.1) is 0 Å². The minimum Gasteiger partial charge on any atom is -0.299 e. The van der Waals surface area contributed by atoms with Crippen molar-refractivity contribution in [2.24, 2.45) is 28.6 Å². The van der Waals surface area contributed by atoms with E-state index < -0.39 is 0 Å². The van der Waals surface area contributed by atoms with Crippen molar-refractivity contribution < 1.29 is 9.59 Å². The van der Waals surface area contributed by atoms with Gasteiger partial charge in [-0.1, -0.05) is 41.9 Å². The van der Waals surface area contributed by atoms with E-state index in [-0.39, 0.29) is 21.4 Å². The van der Waals surface area contributed by atoms with Crippen molar-refractivity contribution in [2.45, 2.75) is 64.1 Å². The zero-order valence-corrected chi connectivity index (χ0v) is 16.5. The number of carbonyl (C=O) groups excluding carboxylic acids is 2. The fourth-order valence-corrected chi connectivity index (χ4v) is 7.90. The second-order valence-corrected chi connectivity index (χ2v) is 10.2. The van der Waals surface area contributed by atoms with Crippen molar-refractivity contribution in [3.05, 3.63) is 23.3 Å². The van der Waals surface area contributed by atoms with E-state index in [2.05, 4.69) is 36.4 Å². The summed E-state index contributed by atoms with van der Waals surface area (Å²) in [6.45, 7) is 10.9. The zero-order valence-electron chi connectivity index (χ0n) is 15.0. The Hall–Kier alpha value is -0.700. The van der Waals surface area contributed by atoms with Crippen LogP contribution in [0.25, 0.3) is 0 Å². The van der Waals surface area contributed by atoms with Crippen LogP contribution < -0.4 is 0 Å². The highest BCUT2D eigenvalue weighted by Crippen LogP contribution is 2.66. The minimum absolute atomic E-state index is 0.0269. The lowest BCUT2D eigenvalue weighted by Gasteiger charge is -2.58. The molecule has 1 unspecified atom stereocenters. The predicted molar refractivity (Wildman–Crippen MR) is 99.0 cm³/mol. The molecule has 2 nitrogen and oxygen atoms in total. The highest BCUT2D eigenvalue weighted by atomic mass is 79.9. The highest BCUT2D eigenvalue weighted by Gasteiger charge is 2.60. The maximum absolute atomic E-state index is 12.5. The van der Waals surface area contributed by atoms with Crippen LogP contribution in [0.15, 0.2) is 23.3 Å². The van der Waals surface area contributed by atoms with E-state index in [9.17, 15) is 9.59 Å². The molecule has 4 aliphatic rings. The number of hydrogen-bond donors (Lipinski definition) is 0. The van der Waals surface area contributed by atoms with Crippen LogP contribution in [0.1, 0.15) is 59.3 Å². The summed E-state index contributed by atoms with van der Waals surface area (Å²) in [5, 5.41) is 0. The molecule has 0 bridgehead atoms. The van der Waals surface area contributed by atoms with Crippen molar-refractivity contribution in [1.82, 2.24) is 0 Å². The van der Waals surface area contributed by atoms with Crippen LogP contribution in [-0.2, 0) is 9.59 Å². The number of halogens is 1. The molecule has 3 heteroatoms. The number of hydrogen-bond acceptors (Lipinski definition) is 2. The third-order valence-corrected chi connectivity index (χ3v) is 8.74. The van der Waals surface area contributed by atoms with Crippen molar-refractivity contribution >= 4 is 27.5 Å². The molecular formula is C21H27BrO2. The quantitative estimate of drug-likeness (QED) is 0.544. The number of carbonyl (C=O) groups is 2. The maximum atomic E-state index is 12.5. The van der Waals surface area contributed by atoms with Crippen LogP contribution in [0, 0.1) is 28.6 Å². The third-order valence-electron chi connectivity index (χ3n) is 8.00. The standard InChI is InChI=1S/C21H27BrO2/c1-11-9-13-14-5-6-17(23)20(14,3)8-7-15(13)21(4)10-16(22)19(24)12(2)18(11)21/h13-16H,1,5-10H2,2-4H3/t13-,14-,15-,16?,20-,21+/m0/s1. The van der Waals surface area contributed by atoms with Crippen LogP contribution in [-0.4, -0.2) is 16.4 Å². The lowest BCUT2D eigenvalue weighted by Crippen LogP contribution is -2.52. The number of Topliss-reactive ketones (excluding diaryl/α,β-unsaturated/α-hetero) is 2. The molecule has 4 aliphatic carbocycles. The predicted octanol–water partition coefficient (Wildman–Crippen LogP) is 5.02. The smallest absolute Gasteiger partial charge is 0.172 e. The van der Waals surface area contributed by atoms with Crippen molar-refractivity contribution in [3.63, 3.8) is 0 Å². The van der Waals surface area contributed by atoms with Gasteiger partial charge >= 0.3 is 0 Å². The van der Waals surface area contributed by atoms with Crippen molar-refractivity contribution in [2.75, 3.05) is 0 Å². The van der Waals surface area contributed by atoms with Crippen LogP contribution in [0.5, 0.6) is 0 Å². The van der Waals surface area contributed by atoms with E-state index >= 15 is 0 Å². The first-order valence-electron chi connectivity index (χ1n) is 9.31. The van der Waals surface area contributed by atoms with Crippen LogP contribution in [0.4, 0.5) is 0 Å². The molecule has 0 aromatic rings. The van der Waals surface area contributed by atoms with E-state index in [4.69, 9.17) is 0 Å². The second-order valence-electron chi connectivity index (χ2n) is 9.06. The fourth-order valence-electron chi connectivity index (χ4n) is 6.88. The molecule has 0 radical (unpaired) electrons. The Morgan fingerprint density at radius 1 is 1.12 bits per heavy atom. The molecule has 0 heterocycles. The number of allylic oxidation sites excluding steroid dienone is 2. The zero-order chi connectivity index (χ0) is 17.4. The van der Waals surface area contributed by atoms with Gasteiger partial charge in [-0.05, 0) is 73.3 Å². The minimum atomic E-state index is -0.105. The summed E-state index contributed by atoms with van der Waals surface area (Å²) in [7, 11) is 0. The van der Waals surface area contributed by atoms with Crippen molar-refractivity contribution in [1.29, 1.82) is 0 Å². The molecule has 0 aliphatic heterocycles. The highest BCUT2D eigenvalue weighted by molar-refractivity contribution is 9.10. The first-order valence-corrected chi connectivity index (χ1v) is 10.2. The summed E-state index contributed by atoms with van der Waals surface area (Å²) >= 11 is 3.64. The van der Waals surface area contributed by atoms with E-state index in [1.54, 1.807) is 0 Å². The van der Waals surface area contributed by atoms with Crippen LogP contribution >= 0.6 is 15.9 Å². The Morgan fingerprint density at radius 3 is 2.50 bits per heavy atom. The van der Waals surface area contributed by atoms with Crippen molar-refractivity contribution in [3.8, 4) is 0 Å². The summed E-state index contributed by atoms with van der Waals surface area (Å²) in [4.78, 5) is 25.0. The Labute approximate surface area is 153 Å². The molecule has 0 spiro atoms. The lowest BCUT2D eigenvalue weighted by atomic mass is 9.46. The largest absolute Gasteiger partial charge is 0.299 e. The summed E-state index contributed by atoms with van der Waals surface area (Å²) < 4.78 is 0. The Balaban J connectivity index is 1.81.